The van der Waals surface area contributed by atoms with E-state index in [0.717, 1.165) is 5.56 Å². The fourth-order valence-electron chi connectivity index (χ4n) is 3.82. The van der Waals surface area contributed by atoms with E-state index in [2.05, 4.69) is 10.6 Å². The lowest BCUT2D eigenvalue weighted by atomic mass is 9.88. The first-order chi connectivity index (χ1) is 14.8. The van der Waals surface area contributed by atoms with Crippen molar-refractivity contribution in [1.29, 1.82) is 0 Å². The second-order valence-corrected chi connectivity index (χ2v) is 7.84. The number of carbonyl (C=O) groups is 2. The van der Waals surface area contributed by atoms with Crippen LogP contribution in [-0.4, -0.2) is 25.0 Å². The van der Waals surface area contributed by atoms with Crippen LogP contribution < -0.4 is 20.1 Å². The number of carbonyl (C=O) groups excluding carboxylic acids is 2. The Morgan fingerprint density at radius 1 is 1.13 bits per heavy atom. The number of halogens is 1. The summed E-state index contributed by atoms with van der Waals surface area (Å²) in [6.07, 6.45) is 0.0166. The fourth-order valence-corrected chi connectivity index (χ4v) is 3.82. The number of nitrogens with one attached hydrogen (secondary N) is 2. The quantitative estimate of drug-likeness (QED) is 0.646. The molecule has 6 nitrogen and oxygen atoms in total. The third kappa shape index (κ3) is 5.16. The van der Waals surface area contributed by atoms with Gasteiger partial charge in [-0.15, -0.1) is 0 Å². The Morgan fingerprint density at radius 2 is 1.84 bits per heavy atom. The Labute approximate surface area is 182 Å². The van der Waals surface area contributed by atoms with Crippen LogP contribution in [0.25, 0.3) is 0 Å². The first-order valence-corrected chi connectivity index (χ1v) is 10.6. The van der Waals surface area contributed by atoms with Gasteiger partial charge in [0.05, 0.1) is 25.2 Å². The number of benzene rings is 2. The van der Waals surface area contributed by atoms with Gasteiger partial charge in [0.1, 0.15) is 5.82 Å². The highest BCUT2D eigenvalue weighted by atomic mass is 19.1. The average Bonchev–Trinajstić information content (AvgIpc) is 2.72. The highest BCUT2D eigenvalue weighted by Gasteiger charge is 2.33. The number of rotatable bonds is 8. The summed E-state index contributed by atoms with van der Waals surface area (Å²) in [6.45, 7) is 8.85. The number of anilines is 1. The second kappa shape index (κ2) is 9.81. The van der Waals surface area contributed by atoms with Gasteiger partial charge in [0.25, 0.3) is 0 Å². The standard InChI is InChI=1S/C24H29FN2O4/c1-5-30-20-10-7-15(11-21(20)31-6-2)23(14(3)4)27-24(29)18-13-22(28)26-19-12-16(25)8-9-17(18)19/h7-12,14,18,23H,5-6,13H2,1-4H3,(H,26,28)(H,27,29)/t18-,23+/m0/s1. The van der Waals surface area contributed by atoms with Gasteiger partial charge in [-0.3, -0.25) is 9.59 Å². The lowest BCUT2D eigenvalue weighted by molar-refractivity contribution is -0.127. The fraction of sp³-hybridized carbons (Fsp3) is 0.417. The van der Waals surface area contributed by atoms with Gasteiger partial charge in [0, 0.05) is 12.1 Å². The first-order valence-electron chi connectivity index (χ1n) is 10.6. The van der Waals surface area contributed by atoms with Crippen LogP contribution in [0.4, 0.5) is 10.1 Å². The van der Waals surface area contributed by atoms with E-state index in [-0.39, 0.29) is 30.2 Å². The van der Waals surface area contributed by atoms with E-state index in [0.29, 0.717) is 36.0 Å². The molecule has 0 spiro atoms. The summed E-state index contributed by atoms with van der Waals surface area (Å²) < 4.78 is 25.0. The van der Waals surface area contributed by atoms with Crippen molar-refractivity contribution in [3.8, 4) is 11.5 Å². The topological polar surface area (TPSA) is 76.7 Å². The average molecular weight is 429 g/mol. The number of amides is 2. The SMILES string of the molecule is CCOc1ccc([C@H](NC(=O)[C@H]2CC(=O)Nc3cc(F)ccc32)C(C)C)cc1OCC. The molecule has 0 radical (unpaired) electrons. The van der Waals surface area contributed by atoms with Crippen LogP contribution in [0, 0.1) is 11.7 Å². The first kappa shape index (κ1) is 22.6. The smallest absolute Gasteiger partial charge is 0.228 e. The molecule has 3 rings (SSSR count). The van der Waals surface area contributed by atoms with Crippen molar-refractivity contribution < 1.29 is 23.5 Å². The lowest BCUT2D eigenvalue weighted by Gasteiger charge is -2.29. The van der Waals surface area contributed by atoms with E-state index < -0.39 is 11.7 Å². The third-order valence-corrected chi connectivity index (χ3v) is 5.26. The zero-order chi connectivity index (χ0) is 22.5. The molecule has 2 N–H and O–H groups in total. The molecule has 2 aromatic carbocycles. The summed E-state index contributed by atoms with van der Waals surface area (Å²) in [5.74, 6) is -0.354. The maximum Gasteiger partial charge on any atom is 0.228 e. The largest absolute Gasteiger partial charge is 0.490 e. The molecule has 7 heteroatoms. The summed E-state index contributed by atoms with van der Waals surface area (Å²) in [6, 6.07) is 9.45. The van der Waals surface area contributed by atoms with E-state index in [1.54, 1.807) is 6.07 Å². The number of hydrogen-bond donors (Lipinski definition) is 2. The van der Waals surface area contributed by atoms with Crippen molar-refractivity contribution in [3.63, 3.8) is 0 Å². The van der Waals surface area contributed by atoms with Crippen molar-refractivity contribution >= 4 is 17.5 Å². The van der Waals surface area contributed by atoms with Gasteiger partial charge in [0.15, 0.2) is 11.5 Å². The van der Waals surface area contributed by atoms with Gasteiger partial charge < -0.3 is 20.1 Å². The normalized spacial score (nSPS) is 16.3. The zero-order valence-electron chi connectivity index (χ0n) is 18.3. The molecule has 2 amide bonds. The highest BCUT2D eigenvalue weighted by molar-refractivity contribution is 6.01. The van der Waals surface area contributed by atoms with E-state index in [9.17, 15) is 14.0 Å². The minimum absolute atomic E-state index is 0.0166. The van der Waals surface area contributed by atoms with E-state index in [1.165, 1.54) is 12.1 Å². The summed E-state index contributed by atoms with van der Waals surface area (Å²) in [7, 11) is 0. The summed E-state index contributed by atoms with van der Waals surface area (Å²) >= 11 is 0. The Bertz CT molecular complexity index is 961. The van der Waals surface area contributed by atoms with Crippen LogP contribution in [0.2, 0.25) is 0 Å². The Hall–Kier alpha value is -3.09. The summed E-state index contributed by atoms with van der Waals surface area (Å²) in [5, 5.41) is 5.73. The van der Waals surface area contributed by atoms with Crippen LogP contribution in [-0.2, 0) is 9.59 Å². The second-order valence-electron chi connectivity index (χ2n) is 7.84. The highest BCUT2D eigenvalue weighted by Crippen LogP contribution is 2.36. The maximum absolute atomic E-state index is 13.6. The summed E-state index contributed by atoms with van der Waals surface area (Å²) in [5.41, 5.74) is 1.84. The minimum Gasteiger partial charge on any atom is -0.490 e. The van der Waals surface area contributed by atoms with E-state index in [1.807, 2.05) is 45.9 Å². The lowest BCUT2D eigenvalue weighted by Crippen LogP contribution is -2.38. The molecule has 0 saturated heterocycles. The molecule has 166 valence electrons. The molecule has 1 heterocycles. The molecule has 2 atom stereocenters. The van der Waals surface area contributed by atoms with Gasteiger partial charge in [0.2, 0.25) is 11.8 Å². The van der Waals surface area contributed by atoms with Crippen LogP contribution in [0.3, 0.4) is 0 Å². The maximum atomic E-state index is 13.6. The van der Waals surface area contributed by atoms with Gasteiger partial charge in [-0.1, -0.05) is 26.0 Å². The van der Waals surface area contributed by atoms with Crippen molar-refractivity contribution in [3.05, 3.63) is 53.3 Å². The Balaban J connectivity index is 1.88. The molecule has 0 unspecified atom stereocenters. The molecule has 0 fully saturated rings. The number of fused-ring (bicyclic) bond motifs is 1. The molecular formula is C24H29FN2O4. The Kier molecular flexibility index (Phi) is 7.15. The molecule has 0 saturated carbocycles. The van der Waals surface area contributed by atoms with Gasteiger partial charge >= 0.3 is 0 Å². The van der Waals surface area contributed by atoms with Crippen molar-refractivity contribution in [2.45, 2.75) is 46.1 Å². The monoisotopic (exact) mass is 428 g/mol. The van der Waals surface area contributed by atoms with E-state index in [4.69, 9.17) is 9.47 Å². The van der Waals surface area contributed by atoms with Gasteiger partial charge in [-0.25, -0.2) is 4.39 Å². The third-order valence-electron chi connectivity index (χ3n) is 5.26. The van der Waals surface area contributed by atoms with Crippen molar-refractivity contribution in [1.82, 2.24) is 5.32 Å². The molecule has 1 aliphatic heterocycles. The molecule has 2 aromatic rings. The predicted molar refractivity (Wildman–Crippen MR) is 117 cm³/mol. The predicted octanol–water partition coefficient (Wildman–Crippen LogP) is 4.56. The van der Waals surface area contributed by atoms with Crippen molar-refractivity contribution in [2.75, 3.05) is 18.5 Å². The molecule has 1 aliphatic rings. The van der Waals surface area contributed by atoms with Gasteiger partial charge in [-0.2, -0.15) is 0 Å². The molecular weight excluding hydrogens is 399 g/mol. The molecule has 0 aliphatic carbocycles. The molecule has 0 aromatic heterocycles. The summed E-state index contributed by atoms with van der Waals surface area (Å²) in [4.78, 5) is 25.3. The molecule has 0 bridgehead atoms. The van der Waals surface area contributed by atoms with Crippen LogP contribution in [0.15, 0.2) is 36.4 Å². The van der Waals surface area contributed by atoms with Crippen LogP contribution >= 0.6 is 0 Å². The zero-order valence-corrected chi connectivity index (χ0v) is 18.3. The molecule has 31 heavy (non-hydrogen) atoms. The Morgan fingerprint density at radius 3 is 2.52 bits per heavy atom. The van der Waals surface area contributed by atoms with Crippen LogP contribution in [0.1, 0.15) is 57.2 Å². The number of ether oxygens (including phenoxy) is 2. The van der Waals surface area contributed by atoms with Crippen molar-refractivity contribution in [2.24, 2.45) is 5.92 Å². The van der Waals surface area contributed by atoms with E-state index >= 15 is 0 Å². The number of hydrogen-bond acceptors (Lipinski definition) is 4. The van der Waals surface area contributed by atoms with Gasteiger partial charge in [-0.05, 0) is 55.2 Å². The van der Waals surface area contributed by atoms with Crippen LogP contribution in [0.5, 0.6) is 11.5 Å². The minimum atomic E-state index is -0.681.